The molecule has 1 aliphatic rings. The largest absolute Gasteiger partial charge is 0.371 e. The molecule has 1 aromatic rings. The Morgan fingerprint density at radius 2 is 2.14 bits per heavy atom. The Bertz CT molecular complexity index is 303. The van der Waals surface area contributed by atoms with Crippen LogP contribution >= 0.6 is 0 Å². The molecule has 14 heavy (non-hydrogen) atoms. The lowest BCUT2D eigenvalue weighted by Gasteiger charge is -2.18. The van der Waals surface area contributed by atoms with Gasteiger partial charge in [-0.1, -0.05) is 0 Å². The zero-order valence-electron chi connectivity index (χ0n) is 8.61. The molecule has 1 fully saturated rings. The SMILES string of the molecule is C[C@H](N)c1cc(N2CCCC2)ccn1. The Morgan fingerprint density at radius 1 is 1.43 bits per heavy atom. The van der Waals surface area contributed by atoms with Gasteiger partial charge in [0.15, 0.2) is 0 Å². The molecule has 0 radical (unpaired) electrons. The normalized spacial score (nSPS) is 18.6. The monoisotopic (exact) mass is 191 g/mol. The molecule has 0 bridgehead atoms. The minimum atomic E-state index is 0.0255. The molecule has 0 saturated carbocycles. The predicted molar refractivity (Wildman–Crippen MR) is 58.3 cm³/mol. The quantitative estimate of drug-likeness (QED) is 0.773. The van der Waals surface area contributed by atoms with Crippen LogP contribution in [0.5, 0.6) is 0 Å². The standard InChI is InChI=1S/C11H17N3/c1-9(12)11-8-10(4-5-13-11)14-6-2-3-7-14/h4-5,8-9H,2-3,6-7,12H2,1H3/t9-/m0/s1. The van der Waals surface area contributed by atoms with Crippen LogP contribution in [0.3, 0.4) is 0 Å². The highest BCUT2D eigenvalue weighted by Gasteiger charge is 2.13. The molecule has 0 aromatic carbocycles. The number of hydrogen-bond donors (Lipinski definition) is 1. The summed E-state index contributed by atoms with van der Waals surface area (Å²) in [4.78, 5) is 6.66. The lowest BCUT2D eigenvalue weighted by Crippen LogP contribution is -2.18. The van der Waals surface area contributed by atoms with Crippen LogP contribution in [0.1, 0.15) is 31.5 Å². The van der Waals surface area contributed by atoms with Crippen LogP contribution in [-0.2, 0) is 0 Å². The highest BCUT2D eigenvalue weighted by molar-refractivity contribution is 5.47. The second-order valence-corrected chi connectivity index (χ2v) is 3.92. The first-order valence-corrected chi connectivity index (χ1v) is 5.24. The van der Waals surface area contributed by atoms with E-state index in [1.807, 2.05) is 13.1 Å². The van der Waals surface area contributed by atoms with E-state index in [4.69, 9.17) is 5.73 Å². The second kappa shape index (κ2) is 3.96. The van der Waals surface area contributed by atoms with Crippen LogP contribution in [0.15, 0.2) is 18.3 Å². The summed E-state index contributed by atoms with van der Waals surface area (Å²) in [5, 5.41) is 0. The van der Waals surface area contributed by atoms with Crippen molar-refractivity contribution >= 4 is 5.69 Å². The molecular formula is C11H17N3. The number of rotatable bonds is 2. The zero-order chi connectivity index (χ0) is 9.97. The molecule has 2 N–H and O–H groups in total. The Morgan fingerprint density at radius 3 is 2.79 bits per heavy atom. The maximum Gasteiger partial charge on any atom is 0.0588 e. The molecular weight excluding hydrogens is 174 g/mol. The van der Waals surface area contributed by atoms with Gasteiger partial charge in [-0.15, -0.1) is 0 Å². The van der Waals surface area contributed by atoms with E-state index in [1.54, 1.807) is 0 Å². The smallest absolute Gasteiger partial charge is 0.0588 e. The fraction of sp³-hybridized carbons (Fsp3) is 0.545. The van der Waals surface area contributed by atoms with Crippen LogP contribution in [0.25, 0.3) is 0 Å². The average molecular weight is 191 g/mol. The summed E-state index contributed by atoms with van der Waals surface area (Å²) in [6.07, 6.45) is 4.46. The van der Waals surface area contributed by atoms with Crippen LogP contribution in [0, 0.1) is 0 Å². The van der Waals surface area contributed by atoms with E-state index in [2.05, 4.69) is 22.0 Å². The summed E-state index contributed by atoms with van der Waals surface area (Å²) in [6, 6.07) is 4.20. The number of hydrogen-bond acceptors (Lipinski definition) is 3. The van der Waals surface area contributed by atoms with Gasteiger partial charge in [0.1, 0.15) is 0 Å². The molecule has 0 amide bonds. The minimum absolute atomic E-state index is 0.0255. The van der Waals surface area contributed by atoms with Crippen molar-refractivity contribution in [2.75, 3.05) is 18.0 Å². The molecule has 3 nitrogen and oxygen atoms in total. The average Bonchev–Trinajstić information content (AvgIpc) is 2.71. The van der Waals surface area contributed by atoms with E-state index in [1.165, 1.54) is 31.6 Å². The van der Waals surface area contributed by atoms with Crippen molar-refractivity contribution in [2.45, 2.75) is 25.8 Å². The fourth-order valence-electron chi connectivity index (χ4n) is 1.86. The van der Waals surface area contributed by atoms with Crippen molar-refractivity contribution < 1.29 is 0 Å². The number of nitrogens with two attached hydrogens (primary N) is 1. The fourth-order valence-corrected chi connectivity index (χ4v) is 1.86. The predicted octanol–water partition coefficient (Wildman–Crippen LogP) is 1.70. The van der Waals surface area contributed by atoms with Gasteiger partial charge < -0.3 is 10.6 Å². The van der Waals surface area contributed by atoms with Crippen LogP contribution in [0.2, 0.25) is 0 Å². The van der Waals surface area contributed by atoms with E-state index in [-0.39, 0.29) is 6.04 Å². The summed E-state index contributed by atoms with van der Waals surface area (Å²) >= 11 is 0. The Labute approximate surface area is 84.9 Å². The molecule has 1 aliphatic heterocycles. The zero-order valence-corrected chi connectivity index (χ0v) is 8.61. The first-order valence-electron chi connectivity index (χ1n) is 5.24. The van der Waals surface area contributed by atoms with Crippen molar-refractivity contribution in [3.05, 3.63) is 24.0 Å². The lowest BCUT2D eigenvalue weighted by molar-refractivity contribution is 0.779. The molecule has 1 saturated heterocycles. The van der Waals surface area contributed by atoms with Crippen LogP contribution in [-0.4, -0.2) is 18.1 Å². The summed E-state index contributed by atoms with van der Waals surface area (Å²) in [6.45, 7) is 4.31. The lowest BCUT2D eigenvalue weighted by atomic mass is 10.2. The topological polar surface area (TPSA) is 42.1 Å². The van der Waals surface area contributed by atoms with Gasteiger partial charge in [-0.05, 0) is 31.9 Å². The van der Waals surface area contributed by atoms with Crippen molar-refractivity contribution in [1.29, 1.82) is 0 Å². The highest BCUT2D eigenvalue weighted by atomic mass is 15.1. The van der Waals surface area contributed by atoms with Gasteiger partial charge in [-0.2, -0.15) is 0 Å². The molecule has 2 heterocycles. The summed E-state index contributed by atoms with van der Waals surface area (Å²) in [5.41, 5.74) is 8.05. The Hall–Kier alpha value is -1.09. The number of nitrogens with zero attached hydrogens (tertiary/aromatic N) is 2. The summed E-state index contributed by atoms with van der Waals surface area (Å²) < 4.78 is 0. The van der Waals surface area contributed by atoms with E-state index in [9.17, 15) is 0 Å². The molecule has 1 aromatic heterocycles. The van der Waals surface area contributed by atoms with Gasteiger partial charge in [-0.25, -0.2) is 0 Å². The number of pyridine rings is 1. The van der Waals surface area contributed by atoms with Gasteiger partial charge >= 0.3 is 0 Å². The van der Waals surface area contributed by atoms with Crippen molar-refractivity contribution in [3.63, 3.8) is 0 Å². The van der Waals surface area contributed by atoms with E-state index >= 15 is 0 Å². The molecule has 0 unspecified atom stereocenters. The molecule has 0 aliphatic carbocycles. The van der Waals surface area contributed by atoms with Gasteiger partial charge in [-0.3, -0.25) is 4.98 Å². The van der Waals surface area contributed by atoms with Crippen LogP contribution in [0.4, 0.5) is 5.69 Å². The van der Waals surface area contributed by atoms with Gasteiger partial charge in [0.25, 0.3) is 0 Å². The van der Waals surface area contributed by atoms with Crippen molar-refractivity contribution in [1.82, 2.24) is 4.98 Å². The summed E-state index contributed by atoms with van der Waals surface area (Å²) in [5.74, 6) is 0. The third-order valence-corrected chi connectivity index (χ3v) is 2.70. The first-order chi connectivity index (χ1) is 6.77. The summed E-state index contributed by atoms with van der Waals surface area (Å²) in [7, 11) is 0. The molecule has 2 rings (SSSR count). The van der Waals surface area contributed by atoms with Gasteiger partial charge in [0.2, 0.25) is 0 Å². The maximum atomic E-state index is 5.80. The third kappa shape index (κ3) is 1.87. The molecule has 0 spiro atoms. The highest BCUT2D eigenvalue weighted by Crippen LogP contribution is 2.21. The minimum Gasteiger partial charge on any atom is -0.371 e. The number of aromatic nitrogens is 1. The molecule has 76 valence electrons. The van der Waals surface area contributed by atoms with Crippen molar-refractivity contribution in [2.24, 2.45) is 5.73 Å². The van der Waals surface area contributed by atoms with E-state index in [0.29, 0.717) is 0 Å². The van der Waals surface area contributed by atoms with Gasteiger partial charge in [0.05, 0.1) is 5.69 Å². The Balaban J connectivity index is 2.21. The number of anilines is 1. The van der Waals surface area contributed by atoms with E-state index in [0.717, 1.165) is 5.69 Å². The van der Waals surface area contributed by atoms with Gasteiger partial charge in [0, 0.05) is 31.0 Å². The van der Waals surface area contributed by atoms with Crippen molar-refractivity contribution in [3.8, 4) is 0 Å². The Kier molecular flexibility index (Phi) is 2.68. The van der Waals surface area contributed by atoms with E-state index < -0.39 is 0 Å². The molecule has 1 atom stereocenters. The maximum absolute atomic E-state index is 5.80. The second-order valence-electron chi connectivity index (χ2n) is 3.92. The third-order valence-electron chi connectivity index (χ3n) is 2.70. The first kappa shape index (κ1) is 9.46. The molecule has 3 heteroatoms. The van der Waals surface area contributed by atoms with Crippen LogP contribution < -0.4 is 10.6 Å².